The van der Waals surface area contributed by atoms with Gasteiger partial charge in [0.15, 0.2) is 0 Å². The van der Waals surface area contributed by atoms with E-state index in [1.807, 2.05) is 11.8 Å². The Morgan fingerprint density at radius 3 is 2.75 bits per heavy atom. The lowest BCUT2D eigenvalue weighted by molar-refractivity contribution is -0.384. The highest BCUT2D eigenvalue weighted by atomic mass is 16.6. The molecule has 20 heavy (non-hydrogen) atoms. The number of rotatable bonds is 3. The summed E-state index contributed by atoms with van der Waals surface area (Å²) in [6.07, 6.45) is 2.05. The standard InChI is InChI=1S/C14H18N2O4/c1-9-4-3-7-15(10(9)2)13-8-11(14(17)18)5-6-12(13)16(19)20/h5-6,8-10H,3-4,7H2,1-2H3,(H,17,18). The second-order valence-corrected chi connectivity index (χ2v) is 5.32. The molecule has 1 heterocycles. The van der Waals surface area contributed by atoms with Gasteiger partial charge in [-0.15, -0.1) is 0 Å². The van der Waals surface area contributed by atoms with E-state index < -0.39 is 10.9 Å². The van der Waals surface area contributed by atoms with Crippen molar-refractivity contribution < 1.29 is 14.8 Å². The highest BCUT2D eigenvalue weighted by Crippen LogP contribution is 2.35. The van der Waals surface area contributed by atoms with E-state index in [1.165, 1.54) is 18.2 Å². The highest BCUT2D eigenvalue weighted by Gasteiger charge is 2.30. The molecular formula is C14H18N2O4. The van der Waals surface area contributed by atoms with Crippen LogP contribution < -0.4 is 4.90 Å². The molecule has 0 amide bonds. The molecule has 0 radical (unpaired) electrons. The predicted octanol–water partition coefficient (Wildman–Crippen LogP) is 2.92. The molecule has 1 N–H and O–H groups in total. The first-order valence-corrected chi connectivity index (χ1v) is 6.70. The summed E-state index contributed by atoms with van der Waals surface area (Å²) in [4.78, 5) is 23.7. The molecule has 1 aliphatic rings. The number of nitrogens with zero attached hydrogens (tertiary/aromatic N) is 2. The van der Waals surface area contributed by atoms with Crippen LogP contribution in [0.3, 0.4) is 0 Å². The molecule has 6 nitrogen and oxygen atoms in total. The first-order chi connectivity index (χ1) is 9.41. The summed E-state index contributed by atoms with van der Waals surface area (Å²) in [5.74, 6) is -0.643. The number of carboxylic acids is 1. The van der Waals surface area contributed by atoms with Crippen molar-refractivity contribution >= 4 is 17.3 Å². The number of hydrogen-bond acceptors (Lipinski definition) is 4. The molecule has 1 fully saturated rings. The van der Waals surface area contributed by atoms with Gasteiger partial charge in [0, 0.05) is 18.7 Å². The lowest BCUT2D eigenvalue weighted by Crippen LogP contribution is -2.42. The van der Waals surface area contributed by atoms with Crippen molar-refractivity contribution in [1.82, 2.24) is 0 Å². The van der Waals surface area contributed by atoms with Crippen molar-refractivity contribution in [3.05, 3.63) is 33.9 Å². The van der Waals surface area contributed by atoms with Gasteiger partial charge in [0.1, 0.15) is 5.69 Å². The van der Waals surface area contributed by atoms with E-state index in [-0.39, 0.29) is 17.3 Å². The van der Waals surface area contributed by atoms with Crippen LogP contribution in [0.5, 0.6) is 0 Å². The van der Waals surface area contributed by atoms with Crippen LogP contribution in [-0.2, 0) is 0 Å². The molecule has 1 saturated heterocycles. The molecule has 0 spiro atoms. The molecule has 1 aromatic rings. The van der Waals surface area contributed by atoms with E-state index >= 15 is 0 Å². The summed E-state index contributed by atoms with van der Waals surface area (Å²) in [5.41, 5.74) is 0.459. The van der Waals surface area contributed by atoms with Crippen LogP contribution in [0.2, 0.25) is 0 Å². The van der Waals surface area contributed by atoms with Gasteiger partial charge in [-0.1, -0.05) is 6.92 Å². The van der Waals surface area contributed by atoms with Crippen molar-refractivity contribution in [2.75, 3.05) is 11.4 Å². The summed E-state index contributed by atoms with van der Waals surface area (Å²) >= 11 is 0. The summed E-state index contributed by atoms with van der Waals surface area (Å²) in [5, 5.41) is 20.2. The smallest absolute Gasteiger partial charge is 0.335 e. The van der Waals surface area contributed by atoms with E-state index in [0.717, 1.165) is 19.4 Å². The van der Waals surface area contributed by atoms with Crippen molar-refractivity contribution in [1.29, 1.82) is 0 Å². The third-order valence-electron chi connectivity index (χ3n) is 4.10. The van der Waals surface area contributed by atoms with Gasteiger partial charge < -0.3 is 10.0 Å². The fourth-order valence-corrected chi connectivity index (χ4v) is 2.72. The van der Waals surface area contributed by atoms with Gasteiger partial charge in [0.2, 0.25) is 0 Å². The molecule has 1 aliphatic heterocycles. The Morgan fingerprint density at radius 1 is 1.45 bits per heavy atom. The molecular weight excluding hydrogens is 260 g/mol. The Balaban J connectivity index is 2.49. The SMILES string of the molecule is CC1CCCN(c2cc(C(=O)O)ccc2[N+](=O)[O-])C1C. The number of hydrogen-bond donors (Lipinski definition) is 1. The number of nitro groups is 1. The molecule has 0 aromatic heterocycles. The molecule has 2 atom stereocenters. The Labute approximate surface area is 117 Å². The van der Waals surface area contributed by atoms with Crippen LogP contribution in [-0.4, -0.2) is 28.6 Å². The first kappa shape index (κ1) is 14.3. The van der Waals surface area contributed by atoms with Crippen molar-refractivity contribution in [2.45, 2.75) is 32.7 Å². The fourth-order valence-electron chi connectivity index (χ4n) is 2.72. The first-order valence-electron chi connectivity index (χ1n) is 6.70. The molecule has 6 heteroatoms. The second-order valence-electron chi connectivity index (χ2n) is 5.32. The number of aromatic carboxylic acids is 1. The van der Waals surface area contributed by atoms with Gasteiger partial charge in [-0.3, -0.25) is 10.1 Å². The number of carbonyl (C=O) groups is 1. The maximum Gasteiger partial charge on any atom is 0.335 e. The molecule has 0 bridgehead atoms. The van der Waals surface area contributed by atoms with E-state index in [9.17, 15) is 14.9 Å². The van der Waals surface area contributed by atoms with Gasteiger partial charge in [0.25, 0.3) is 5.69 Å². The summed E-state index contributed by atoms with van der Waals surface area (Å²) in [7, 11) is 0. The maximum absolute atomic E-state index is 11.2. The summed E-state index contributed by atoms with van der Waals surface area (Å²) in [6, 6.07) is 4.13. The lowest BCUT2D eigenvalue weighted by Gasteiger charge is -2.39. The number of nitro benzene ring substituents is 1. The Kier molecular flexibility index (Phi) is 3.92. The van der Waals surface area contributed by atoms with Crippen LogP contribution >= 0.6 is 0 Å². The summed E-state index contributed by atoms with van der Waals surface area (Å²) in [6.45, 7) is 4.86. The average molecular weight is 278 g/mol. The zero-order chi connectivity index (χ0) is 14.9. The third-order valence-corrected chi connectivity index (χ3v) is 4.10. The van der Waals surface area contributed by atoms with Crippen molar-refractivity contribution in [3.8, 4) is 0 Å². The van der Waals surface area contributed by atoms with E-state index in [0.29, 0.717) is 11.6 Å². The van der Waals surface area contributed by atoms with E-state index in [2.05, 4.69) is 6.92 Å². The minimum Gasteiger partial charge on any atom is -0.478 e. The quantitative estimate of drug-likeness (QED) is 0.679. The Morgan fingerprint density at radius 2 is 2.15 bits per heavy atom. The van der Waals surface area contributed by atoms with Crippen LogP contribution in [0.1, 0.15) is 37.0 Å². The lowest BCUT2D eigenvalue weighted by atomic mass is 9.91. The number of anilines is 1. The average Bonchev–Trinajstić information content (AvgIpc) is 2.41. The minimum absolute atomic E-state index is 0.0315. The van der Waals surface area contributed by atoms with Crippen LogP contribution in [0.15, 0.2) is 18.2 Å². The van der Waals surface area contributed by atoms with Gasteiger partial charge in [-0.25, -0.2) is 4.79 Å². The van der Waals surface area contributed by atoms with Gasteiger partial charge in [-0.2, -0.15) is 0 Å². The molecule has 108 valence electrons. The molecule has 0 aliphatic carbocycles. The van der Waals surface area contributed by atoms with Gasteiger partial charge in [-0.05, 0) is 37.8 Å². The molecule has 1 aromatic carbocycles. The Hall–Kier alpha value is -2.11. The zero-order valence-corrected chi connectivity index (χ0v) is 11.6. The maximum atomic E-state index is 11.2. The van der Waals surface area contributed by atoms with Gasteiger partial charge >= 0.3 is 5.97 Å². The summed E-state index contributed by atoms with van der Waals surface area (Å²) < 4.78 is 0. The highest BCUT2D eigenvalue weighted by molar-refractivity contribution is 5.90. The largest absolute Gasteiger partial charge is 0.478 e. The van der Waals surface area contributed by atoms with Crippen molar-refractivity contribution in [3.63, 3.8) is 0 Å². The molecule has 2 unspecified atom stereocenters. The normalized spacial score (nSPS) is 22.6. The van der Waals surface area contributed by atoms with Gasteiger partial charge in [0.05, 0.1) is 10.5 Å². The number of piperidine rings is 1. The predicted molar refractivity (Wildman–Crippen MR) is 75.3 cm³/mol. The van der Waals surface area contributed by atoms with Crippen molar-refractivity contribution in [2.24, 2.45) is 5.92 Å². The fraction of sp³-hybridized carbons (Fsp3) is 0.500. The van der Waals surface area contributed by atoms with E-state index in [4.69, 9.17) is 5.11 Å². The van der Waals surface area contributed by atoms with Crippen LogP contribution in [0.4, 0.5) is 11.4 Å². The number of benzene rings is 1. The second kappa shape index (κ2) is 5.48. The zero-order valence-electron chi connectivity index (χ0n) is 11.6. The topological polar surface area (TPSA) is 83.7 Å². The van der Waals surface area contributed by atoms with Crippen LogP contribution in [0, 0.1) is 16.0 Å². The van der Waals surface area contributed by atoms with E-state index in [1.54, 1.807) is 0 Å². The molecule has 2 rings (SSSR count). The van der Waals surface area contributed by atoms with Crippen LogP contribution in [0.25, 0.3) is 0 Å². The number of carboxylic acid groups (broad SMARTS) is 1. The Bertz CT molecular complexity index is 544. The monoisotopic (exact) mass is 278 g/mol. The third kappa shape index (κ3) is 2.59. The molecule has 0 saturated carbocycles. The minimum atomic E-state index is -1.07.